The highest BCUT2D eigenvalue weighted by Gasteiger charge is 2.13. The van der Waals surface area contributed by atoms with Crippen LogP contribution in [0, 0.1) is 0 Å². The van der Waals surface area contributed by atoms with E-state index < -0.39 is 0 Å². The molecule has 152 valence electrons. The van der Waals surface area contributed by atoms with Crippen LogP contribution in [-0.2, 0) is 13.2 Å². The molecule has 0 spiro atoms. The molecule has 0 radical (unpaired) electrons. The van der Waals surface area contributed by atoms with Crippen molar-refractivity contribution >= 4 is 0 Å². The normalized spacial score (nSPS) is 16.4. The van der Waals surface area contributed by atoms with Gasteiger partial charge in [0.25, 0.3) is 0 Å². The van der Waals surface area contributed by atoms with Crippen molar-refractivity contribution in [3.63, 3.8) is 0 Å². The van der Waals surface area contributed by atoms with E-state index in [0.717, 1.165) is 46.6 Å². The summed E-state index contributed by atoms with van der Waals surface area (Å²) in [6.07, 6.45) is 9.62. The number of hydrogen-bond acceptors (Lipinski definition) is 4. The van der Waals surface area contributed by atoms with Crippen LogP contribution < -0.4 is 9.47 Å². The minimum absolute atomic E-state index is 0.0639. The molecule has 0 atom stereocenters. The van der Waals surface area contributed by atoms with Crippen molar-refractivity contribution in [3.05, 3.63) is 47.5 Å². The fourth-order valence-corrected chi connectivity index (χ4v) is 3.71. The van der Waals surface area contributed by atoms with E-state index in [4.69, 9.17) is 9.47 Å². The van der Waals surface area contributed by atoms with Crippen LogP contribution in [0.1, 0.15) is 62.5 Å². The molecule has 0 saturated heterocycles. The molecule has 2 aromatic carbocycles. The zero-order valence-corrected chi connectivity index (χ0v) is 16.7. The summed E-state index contributed by atoms with van der Waals surface area (Å²) in [5.41, 5.74) is 3.40. The van der Waals surface area contributed by atoms with E-state index in [0.29, 0.717) is 13.2 Å². The monoisotopic (exact) mass is 384 g/mol. The van der Waals surface area contributed by atoms with Gasteiger partial charge in [-0.15, -0.1) is 0 Å². The Morgan fingerprint density at radius 3 is 1.36 bits per heavy atom. The third kappa shape index (κ3) is 5.73. The van der Waals surface area contributed by atoms with Crippen LogP contribution in [0.25, 0.3) is 11.1 Å². The van der Waals surface area contributed by atoms with Crippen molar-refractivity contribution in [2.75, 3.05) is 13.2 Å². The van der Waals surface area contributed by atoms with Gasteiger partial charge in [0.2, 0.25) is 0 Å². The molecule has 0 amide bonds. The number of rotatable bonds is 2. The predicted octanol–water partition coefficient (Wildman–Crippen LogP) is 5.23. The maximum Gasteiger partial charge on any atom is 0.119 e. The van der Waals surface area contributed by atoms with Gasteiger partial charge in [0.15, 0.2) is 0 Å². The van der Waals surface area contributed by atoms with Crippen molar-refractivity contribution in [3.8, 4) is 22.6 Å². The van der Waals surface area contributed by atoms with E-state index >= 15 is 0 Å². The molecule has 4 heteroatoms. The SMILES string of the molecule is OCc1ccc2cc1-c1cc(ccc1CO)OCCCCCCCCCCO2. The zero-order valence-electron chi connectivity index (χ0n) is 16.7. The summed E-state index contributed by atoms with van der Waals surface area (Å²) in [7, 11) is 0. The lowest BCUT2D eigenvalue weighted by Gasteiger charge is -2.16. The van der Waals surface area contributed by atoms with Crippen molar-refractivity contribution in [1.82, 2.24) is 0 Å². The van der Waals surface area contributed by atoms with Gasteiger partial charge in [-0.3, -0.25) is 0 Å². The first-order chi connectivity index (χ1) is 13.8. The van der Waals surface area contributed by atoms with E-state index in [2.05, 4.69) is 0 Å². The first kappa shape index (κ1) is 20.7. The Hall–Kier alpha value is -2.04. The smallest absolute Gasteiger partial charge is 0.119 e. The van der Waals surface area contributed by atoms with Gasteiger partial charge >= 0.3 is 0 Å². The minimum Gasteiger partial charge on any atom is -0.494 e. The van der Waals surface area contributed by atoms with Gasteiger partial charge < -0.3 is 19.7 Å². The summed E-state index contributed by atoms with van der Waals surface area (Å²) in [6.45, 7) is 1.28. The molecule has 2 N–H and O–H groups in total. The molecular formula is C24H32O4. The van der Waals surface area contributed by atoms with Crippen LogP contribution in [-0.4, -0.2) is 23.4 Å². The molecule has 1 heterocycles. The van der Waals surface area contributed by atoms with Crippen molar-refractivity contribution in [2.45, 2.75) is 64.6 Å². The second-order valence-corrected chi connectivity index (χ2v) is 7.48. The minimum atomic E-state index is -0.0639. The molecular weight excluding hydrogens is 352 g/mol. The fourth-order valence-electron chi connectivity index (χ4n) is 3.71. The second kappa shape index (κ2) is 11.1. The molecule has 0 aliphatic carbocycles. The second-order valence-electron chi connectivity index (χ2n) is 7.48. The topological polar surface area (TPSA) is 58.9 Å². The van der Waals surface area contributed by atoms with Gasteiger partial charge in [0.1, 0.15) is 11.5 Å². The number of aliphatic hydroxyl groups is 2. The molecule has 0 unspecified atom stereocenters. The van der Waals surface area contributed by atoms with Gasteiger partial charge in [-0.1, -0.05) is 50.7 Å². The molecule has 4 nitrogen and oxygen atoms in total. The summed E-state index contributed by atoms with van der Waals surface area (Å²) < 4.78 is 11.9. The lowest BCUT2D eigenvalue weighted by molar-refractivity contribution is 0.279. The molecule has 2 aromatic rings. The van der Waals surface area contributed by atoms with Gasteiger partial charge in [-0.05, 0) is 59.4 Å². The Balaban J connectivity index is 1.91. The Labute approximate surface area is 168 Å². The van der Waals surface area contributed by atoms with E-state index in [1.165, 1.54) is 38.5 Å². The summed E-state index contributed by atoms with van der Waals surface area (Å²) in [4.78, 5) is 0. The van der Waals surface area contributed by atoms with E-state index in [1.807, 2.05) is 36.4 Å². The molecule has 0 aromatic heterocycles. The Morgan fingerprint density at radius 2 is 0.964 bits per heavy atom. The van der Waals surface area contributed by atoms with Crippen LogP contribution in [0.5, 0.6) is 11.5 Å². The van der Waals surface area contributed by atoms with Crippen molar-refractivity contribution < 1.29 is 19.7 Å². The average molecular weight is 385 g/mol. The molecule has 1 aliphatic heterocycles. The summed E-state index contributed by atoms with van der Waals surface area (Å²) in [5, 5.41) is 19.6. The maximum atomic E-state index is 9.82. The average Bonchev–Trinajstić information content (AvgIpc) is 2.73. The Kier molecular flexibility index (Phi) is 8.19. The lowest BCUT2D eigenvalue weighted by atomic mass is 9.95. The zero-order chi connectivity index (χ0) is 19.6. The number of aliphatic hydroxyl groups excluding tert-OH is 2. The fraction of sp³-hybridized carbons (Fsp3) is 0.500. The van der Waals surface area contributed by atoms with Gasteiger partial charge in [0.05, 0.1) is 26.4 Å². The first-order valence-corrected chi connectivity index (χ1v) is 10.6. The van der Waals surface area contributed by atoms with E-state index in [1.54, 1.807) is 0 Å². The van der Waals surface area contributed by atoms with Crippen LogP contribution in [0.3, 0.4) is 0 Å². The highest BCUT2D eigenvalue weighted by atomic mass is 16.5. The number of fused-ring (bicyclic) bond motifs is 5. The maximum absolute atomic E-state index is 9.82. The Morgan fingerprint density at radius 1 is 0.571 bits per heavy atom. The standard InChI is InChI=1S/C24H32O4/c25-17-19-9-11-21-15-23(19)24-16-22(12-10-20(24)18-26)28-14-8-6-4-2-1-3-5-7-13-27-21/h9-12,15-16,25-26H,1-8,13-14,17-18H2. The number of benzene rings is 2. The third-order valence-corrected chi connectivity index (χ3v) is 5.37. The van der Waals surface area contributed by atoms with Crippen LogP contribution in [0.15, 0.2) is 36.4 Å². The van der Waals surface area contributed by atoms with Crippen LogP contribution in [0.4, 0.5) is 0 Å². The van der Waals surface area contributed by atoms with Crippen molar-refractivity contribution in [2.24, 2.45) is 0 Å². The third-order valence-electron chi connectivity index (χ3n) is 5.37. The highest BCUT2D eigenvalue weighted by Crippen LogP contribution is 2.34. The first-order valence-electron chi connectivity index (χ1n) is 10.6. The molecule has 0 saturated carbocycles. The largest absolute Gasteiger partial charge is 0.494 e. The lowest BCUT2D eigenvalue weighted by Crippen LogP contribution is -2.02. The predicted molar refractivity (Wildman–Crippen MR) is 112 cm³/mol. The molecule has 0 fully saturated rings. The molecule has 28 heavy (non-hydrogen) atoms. The van der Waals surface area contributed by atoms with Crippen LogP contribution >= 0.6 is 0 Å². The van der Waals surface area contributed by atoms with E-state index in [9.17, 15) is 10.2 Å². The quantitative estimate of drug-likeness (QED) is 0.744. The summed E-state index contributed by atoms with van der Waals surface area (Å²) in [5.74, 6) is 1.59. The Bertz CT molecular complexity index is 678. The van der Waals surface area contributed by atoms with Crippen molar-refractivity contribution in [1.29, 1.82) is 0 Å². The molecule has 4 bridgehead atoms. The summed E-state index contributed by atoms with van der Waals surface area (Å²) in [6, 6.07) is 11.5. The van der Waals surface area contributed by atoms with Gasteiger partial charge in [0, 0.05) is 0 Å². The number of ether oxygens (including phenoxy) is 2. The number of hydrogen-bond donors (Lipinski definition) is 2. The van der Waals surface area contributed by atoms with Crippen LogP contribution in [0.2, 0.25) is 0 Å². The summed E-state index contributed by atoms with van der Waals surface area (Å²) >= 11 is 0. The van der Waals surface area contributed by atoms with Gasteiger partial charge in [-0.2, -0.15) is 0 Å². The molecule has 3 rings (SSSR count). The van der Waals surface area contributed by atoms with Gasteiger partial charge in [-0.25, -0.2) is 0 Å². The highest BCUT2D eigenvalue weighted by molar-refractivity contribution is 5.73. The molecule has 1 aliphatic rings. The van der Waals surface area contributed by atoms with E-state index in [-0.39, 0.29) is 13.2 Å².